The number of amides is 2. The third-order valence-corrected chi connectivity index (χ3v) is 4.71. The molecule has 0 aliphatic carbocycles. The maximum Gasteiger partial charge on any atom is 0.258 e. The van der Waals surface area contributed by atoms with Gasteiger partial charge in [-0.2, -0.15) is 0 Å². The second-order valence-corrected chi connectivity index (χ2v) is 6.28. The van der Waals surface area contributed by atoms with Crippen LogP contribution >= 0.6 is 0 Å². The first-order chi connectivity index (χ1) is 12.2. The van der Waals surface area contributed by atoms with Gasteiger partial charge in [0.25, 0.3) is 11.8 Å². The van der Waals surface area contributed by atoms with Gasteiger partial charge in [0.05, 0.1) is 5.69 Å². The molecular formula is C22H13NO2. The molecule has 0 unspecified atom stereocenters. The third kappa shape index (κ3) is 2.13. The summed E-state index contributed by atoms with van der Waals surface area (Å²) < 4.78 is 0. The molecule has 0 saturated heterocycles. The zero-order valence-corrected chi connectivity index (χ0v) is 13.3. The molecule has 25 heavy (non-hydrogen) atoms. The van der Waals surface area contributed by atoms with Gasteiger partial charge >= 0.3 is 0 Å². The second-order valence-electron chi connectivity index (χ2n) is 6.28. The minimum absolute atomic E-state index is 0.295. The van der Waals surface area contributed by atoms with Crippen LogP contribution in [0.15, 0.2) is 78.9 Å². The summed E-state index contributed by atoms with van der Waals surface area (Å²) in [4.78, 5) is 25.0. The van der Waals surface area contributed by atoms with Gasteiger partial charge in [-0.15, -0.1) is 0 Å². The smallest absolute Gasteiger partial charge is 0.258 e. The Kier molecular flexibility index (Phi) is 2.80. The lowest BCUT2D eigenvalue weighted by atomic mass is 9.99. The largest absolute Gasteiger partial charge is 0.269 e. The second kappa shape index (κ2) is 5.02. The van der Waals surface area contributed by atoms with Crippen molar-refractivity contribution in [2.24, 2.45) is 0 Å². The lowest BCUT2D eigenvalue weighted by molar-refractivity contribution is -0.119. The summed E-state index contributed by atoms with van der Waals surface area (Å²) in [6.45, 7) is 0. The van der Waals surface area contributed by atoms with Crippen LogP contribution in [-0.4, -0.2) is 11.8 Å². The Labute approximate surface area is 143 Å². The molecule has 1 aliphatic heterocycles. The summed E-state index contributed by atoms with van der Waals surface area (Å²) in [6.07, 6.45) is 2.61. The number of fused-ring (bicyclic) bond motifs is 3. The highest BCUT2D eigenvalue weighted by molar-refractivity contribution is 6.28. The topological polar surface area (TPSA) is 37.4 Å². The maximum absolute atomic E-state index is 11.9. The summed E-state index contributed by atoms with van der Waals surface area (Å²) >= 11 is 0. The zero-order valence-electron chi connectivity index (χ0n) is 13.3. The van der Waals surface area contributed by atoms with Gasteiger partial charge in [-0.25, -0.2) is 4.90 Å². The van der Waals surface area contributed by atoms with Gasteiger partial charge in [0.15, 0.2) is 0 Å². The molecule has 0 bridgehead atoms. The fraction of sp³-hybridized carbons (Fsp3) is 0. The molecule has 3 heteroatoms. The minimum atomic E-state index is -0.295. The molecule has 0 radical (unpaired) electrons. The first-order valence-corrected chi connectivity index (χ1v) is 8.11. The molecule has 0 fully saturated rings. The van der Waals surface area contributed by atoms with Crippen LogP contribution in [-0.2, 0) is 9.59 Å². The Balaban J connectivity index is 1.73. The highest BCUT2D eigenvalue weighted by Gasteiger charge is 2.25. The van der Waals surface area contributed by atoms with Crippen molar-refractivity contribution in [3.8, 4) is 0 Å². The van der Waals surface area contributed by atoms with Gasteiger partial charge in [0.1, 0.15) is 0 Å². The average molecular weight is 323 g/mol. The Morgan fingerprint density at radius 1 is 0.520 bits per heavy atom. The van der Waals surface area contributed by atoms with Crippen LogP contribution in [0.3, 0.4) is 0 Å². The van der Waals surface area contributed by atoms with E-state index >= 15 is 0 Å². The van der Waals surface area contributed by atoms with Crippen LogP contribution in [0.4, 0.5) is 5.69 Å². The molecule has 0 aromatic heterocycles. The minimum Gasteiger partial charge on any atom is -0.269 e. The summed E-state index contributed by atoms with van der Waals surface area (Å²) in [7, 11) is 0. The maximum atomic E-state index is 11.9. The van der Waals surface area contributed by atoms with Crippen LogP contribution in [0.25, 0.3) is 32.3 Å². The molecule has 4 aromatic rings. The summed E-state index contributed by atoms with van der Waals surface area (Å²) in [5, 5.41) is 6.81. The Bertz CT molecular complexity index is 1220. The van der Waals surface area contributed by atoms with Crippen LogP contribution < -0.4 is 4.90 Å². The van der Waals surface area contributed by atoms with E-state index in [4.69, 9.17) is 0 Å². The van der Waals surface area contributed by atoms with Crippen molar-refractivity contribution in [2.75, 3.05) is 4.90 Å². The van der Waals surface area contributed by atoms with Gasteiger partial charge in [0.2, 0.25) is 0 Å². The lowest BCUT2D eigenvalue weighted by Gasteiger charge is -2.15. The fourth-order valence-corrected chi connectivity index (χ4v) is 3.47. The standard InChI is InChI=1S/C22H13NO2/c24-21-7-8-22(25)23(21)20-6-5-16-11-17-9-14-3-1-2-4-15(14)10-18(17)12-19(16)13-20/h1-13H. The van der Waals surface area contributed by atoms with E-state index in [9.17, 15) is 9.59 Å². The molecular weight excluding hydrogens is 310 g/mol. The van der Waals surface area contributed by atoms with E-state index in [1.165, 1.54) is 33.2 Å². The monoisotopic (exact) mass is 323 g/mol. The fourth-order valence-electron chi connectivity index (χ4n) is 3.47. The van der Waals surface area contributed by atoms with Gasteiger partial charge in [0, 0.05) is 12.2 Å². The first kappa shape index (κ1) is 13.9. The first-order valence-electron chi connectivity index (χ1n) is 8.11. The molecule has 0 saturated carbocycles. The van der Waals surface area contributed by atoms with Crippen molar-refractivity contribution < 1.29 is 9.59 Å². The number of carbonyl (C=O) groups excluding carboxylic acids is 2. The van der Waals surface area contributed by atoms with Crippen LogP contribution in [0.1, 0.15) is 0 Å². The molecule has 118 valence electrons. The number of anilines is 1. The van der Waals surface area contributed by atoms with E-state index in [0.717, 1.165) is 16.2 Å². The molecule has 0 spiro atoms. The number of hydrogen-bond donors (Lipinski definition) is 0. The number of hydrogen-bond acceptors (Lipinski definition) is 2. The van der Waals surface area contributed by atoms with Gasteiger partial charge in [-0.1, -0.05) is 30.3 Å². The predicted molar refractivity (Wildman–Crippen MR) is 101 cm³/mol. The number of benzene rings is 4. The van der Waals surface area contributed by atoms with Gasteiger partial charge in [-0.05, 0) is 68.7 Å². The highest BCUT2D eigenvalue weighted by Crippen LogP contribution is 2.30. The third-order valence-electron chi connectivity index (χ3n) is 4.71. The molecule has 5 rings (SSSR count). The van der Waals surface area contributed by atoms with Gasteiger partial charge < -0.3 is 0 Å². The van der Waals surface area contributed by atoms with Crippen molar-refractivity contribution in [1.29, 1.82) is 0 Å². The Morgan fingerprint density at radius 3 is 1.60 bits per heavy atom. The molecule has 0 N–H and O–H groups in total. The van der Waals surface area contributed by atoms with Gasteiger partial charge in [-0.3, -0.25) is 9.59 Å². The average Bonchev–Trinajstić information content (AvgIpc) is 2.96. The van der Waals surface area contributed by atoms with Crippen LogP contribution in [0.5, 0.6) is 0 Å². The molecule has 1 aliphatic rings. The van der Waals surface area contributed by atoms with Crippen molar-refractivity contribution in [1.82, 2.24) is 0 Å². The van der Waals surface area contributed by atoms with Crippen molar-refractivity contribution in [2.45, 2.75) is 0 Å². The predicted octanol–water partition coefficient (Wildman–Crippen LogP) is 4.58. The van der Waals surface area contributed by atoms with E-state index in [1.807, 2.05) is 30.3 Å². The summed E-state index contributed by atoms with van der Waals surface area (Å²) in [5.41, 5.74) is 0.604. The molecule has 3 nitrogen and oxygen atoms in total. The van der Waals surface area contributed by atoms with E-state index in [1.54, 1.807) is 0 Å². The molecule has 2 amide bonds. The molecule has 1 heterocycles. The molecule has 4 aromatic carbocycles. The van der Waals surface area contributed by atoms with Crippen molar-refractivity contribution >= 4 is 49.8 Å². The van der Waals surface area contributed by atoms with E-state index < -0.39 is 0 Å². The SMILES string of the molecule is O=C1C=CC(=O)N1c1ccc2cc3cc4ccccc4cc3cc2c1. The van der Waals surface area contributed by atoms with E-state index in [-0.39, 0.29) is 11.8 Å². The van der Waals surface area contributed by atoms with E-state index in [2.05, 4.69) is 36.4 Å². The summed E-state index contributed by atoms with van der Waals surface area (Å²) in [6, 6.07) is 22.6. The number of imide groups is 1. The van der Waals surface area contributed by atoms with Crippen molar-refractivity contribution in [3.63, 3.8) is 0 Å². The summed E-state index contributed by atoms with van der Waals surface area (Å²) in [5.74, 6) is -0.590. The molecule has 0 atom stereocenters. The highest BCUT2D eigenvalue weighted by atomic mass is 16.2. The van der Waals surface area contributed by atoms with Crippen LogP contribution in [0, 0.1) is 0 Å². The Hall–Kier alpha value is -3.46. The van der Waals surface area contributed by atoms with Crippen LogP contribution in [0.2, 0.25) is 0 Å². The number of carbonyl (C=O) groups is 2. The Morgan fingerprint density at radius 2 is 1.00 bits per heavy atom. The lowest BCUT2D eigenvalue weighted by Crippen LogP contribution is -2.29. The number of nitrogens with zero attached hydrogens (tertiary/aromatic N) is 1. The normalized spacial score (nSPS) is 14.3. The van der Waals surface area contributed by atoms with Crippen molar-refractivity contribution in [3.05, 3.63) is 78.9 Å². The number of rotatable bonds is 1. The van der Waals surface area contributed by atoms with E-state index in [0.29, 0.717) is 5.69 Å². The quantitative estimate of drug-likeness (QED) is 0.380. The zero-order chi connectivity index (χ0) is 17.0.